The summed E-state index contributed by atoms with van der Waals surface area (Å²) in [4.78, 5) is 40.8. The van der Waals surface area contributed by atoms with E-state index in [9.17, 15) is 14.4 Å². The van der Waals surface area contributed by atoms with Gasteiger partial charge in [-0.1, -0.05) is 23.8 Å². The van der Waals surface area contributed by atoms with Crippen molar-refractivity contribution in [2.45, 2.75) is 32.2 Å². The number of nitrogens with one attached hydrogen (secondary N) is 2. The van der Waals surface area contributed by atoms with Crippen molar-refractivity contribution < 1.29 is 23.9 Å². The molecule has 1 fully saturated rings. The molecule has 1 heterocycles. The Morgan fingerprint density at radius 3 is 2.43 bits per heavy atom. The average molecular weight is 482 g/mol. The van der Waals surface area contributed by atoms with E-state index in [1.807, 2.05) is 19.1 Å². The van der Waals surface area contributed by atoms with Crippen LogP contribution in [0, 0.1) is 12.8 Å². The largest absolute Gasteiger partial charge is 0.497 e. The molecule has 8 heteroatoms. The molecule has 1 aliphatic heterocycles. The van der Waals surface area contributed by atoms with E-state index in [0.29, 0.717) is 62.4 Å². The first-order chi connectivity index (χ1) is 16.9. The van der Waals surface area contributed by atoms with Crippen LogP contribution in [0.15, 0.2) is 48.5 Å². The number of methoxy groups -OCH3 is 2. The summed E-state index contributed by atoms with van der Waals surface area (Å²) in [5.74, 6) is 0.00219. The number of hydrogen-bond donors (Lipinski definition) is 2. The Hall–Kier alpha value is -3.39. The van der Waals surface area contributed by atoms with Gasteiger partial charge in [0, 0.05) is 44.5 Å². The fraction of sp³-hybridized carbons (Fsp3) is 0.444. The number of benzene rings is 2. The Morgan fingerprint density at radius 1 is 1.03 bits per heavy atom. The van der Waals surface area contributed by atoms with E-state index in [2.05, 4.69) is 10.6 Å². The molecule has 0 bridgehead atoms. The quantitative estimate of drug-likeness (QED) is 0.509. The van der Waals surface area contributed by atoms with Crippen LogP contribution in [-0.2, 0) is 9.53 Å². The molecule has 0 saturated carbocycles. The average Bonchev–Trinajstić information content (AvgIpc) is 2.89. The number of rotatable bonds is 10. The lowest BCUT2D eigenvalue weighted by Gasteiger charge is -2.36. The van der Waals surface area contributed by atoms with E-state index in [1.54, 1.807) is 55.5 Å². The van der Waals surface area contributed by atoms with E-state index >= 15 is 0 Å². The van der Waals surface area contributed by atoms with Crippen molar-refractivity contribution in [3.8, 4) is 5.75 Å². The number of hydrogen-bond acceptors (Lipinski definition) is 5. The van der Waals surface area contributed by atoms with Gasteiger partial charge < -0.3 is 25.0 Å². The van der Waals surface area contributed by atoms with Crippen LogP contribution in [0.25, 0.3) is 0 Å². The lowest BCUT2D eigenvalue weighted by Crippen LogP contribution is -2.54. The third kappa shape index (κ3) is 7.29. The van der Waals surface area contributed by atoms with E-state index in [0.717, 1.165) is 5.56 Å². The molecule has 1 saturated heterocycles. The van der Waals surface area contributed by atoms with E-state index in [4.69, 9.17) is 9.47 Å². The molecular weight excluding hydrogens is 446 g/mol. The topological polar surface area (TPSA) is 97.0 Å². The first-order valence-corrected chi connectivity index (χ1v) is 12.0. The first-order valence-electron chi connectivity index (χ1n) is 12.0. The predicted octanol–water partition coefficient (Wildman–Crippen LogP) is 2.81. The van der Waals surface area contributed by atoms with Gasteiger partial charge >= 0.3 is 0 Å². The van der Waals surface area contributed by atoms with Crippen molar-refractivity contribution in [2.24, 2.45) is 5.92 Å². The SMILES string of the molecule is COCCCNC(=O)[C@@H](NC(=O)c1cccc(C)c1)C1CCN(C(=O)c2cccc(OC)c2)CC1. The molecule has 2 aromatic rings. The highest BCUT2D eigenvalue weighted by Gasteiger charge is 2.34. The minimum Gasteiger partial charge on any atom is -0.497 e. The summed E-state index contributed by atoms with van der Waals surface area (Å²) in [5, 5.41) is 5.89. The van der Waals surface area contributed by atoms with Gasteiger partial charge in [-0.25, -0.2) is 0 Å². The molecule has 3 amide bonds. The molecule has 8 nitrogen and oxygen atoms in total. The number of likely N-dealkylation sites (tertiary alicyclic amines) is 1. The van der Waals surface area contributed by atoms with Gasteiger partial charge in [0.2, 0.25) is 5.91 Å². The van der Waals surface area contributed by atoms with Gasteiger partial charge in [-0.05, 0) is 62.4 Å². The molecule has 2 N–H and O–H groups in total. The van der Waals surface area contributed by atoms with E-state index in [1.165, 1.54) is 0 Å². The molecule has 35 heavy (non-hydrogen) atoms. The minimum atomic E-state index is -0.681. The maximum absolute atomic E-state index is 13.1. The molecule has 3 rings (SSSR count). The Morgan fingerprint density at radius 2 is 1.74 bits per heavy atom. The Bertz CT molecular complexity index is 1020. The molecule has 0 aliphatic carbocycles. The fourth-order valence-electron chi connectivity index (χ4n) is 4.32. The van der Waals surface area contributed by atoms with Gasteiger partial charge in [0.1, 0.15) is 11.8 Å². The van der Waals surface area contributed by atoms with Crippen molar-refractivity contribution in [1.29, 1.82) is 0 Å². The molecule has 1 atom stereocenters. The van der Waals surface area contributed by atoms with Crippen LogP contribution in [0.1, 0.15) is 45.5 Å². The van der Waals surface area contributed by atoms with Crippen molar-refractivity contribution in [2.75, 3.05) is 40.5 Å². The summed E-state index contributed by atoms with van der Waals surface area (Å²) in [6.45, 7) is 3.96. The zero-order chi connectivity index (χ0) is 25.2. The first kappa shape index (κ1) is 26.2. The number of carbonyl (C=O) groups is 3. The van der Waals surface area contributed by atoms with Gasteiger partial charge in [0.15, 0.2) is 0 Å². The van der Waals surface area contributed by atoms with E-state index < -0.39 is 6.04 Å². The monoisotopic (exact) mass is 481 g/mol. The Kier molecular flexibility index (Phi) is 9.66. The molecule has 0 unspecified atom stereocenters. The fourth-order valence-corrected chi connectivity index (χ4v) is 4.32. The maximum atomic E-state index is 13.1. The third-order valence-corrected chi connectivity index (χ3v) is 6.29. The summed E-state index contributed by atoms with van der Waals surface area (Å²) in [7, 11) is 3.19. The second-order valence-corrected chi connectivity index (χ2v) is 8.82. The Balaban J connectivity index is 1.67. The predicted molar refractivity (Wildman–Crippen MR) is 134 cm³/mol. The van der Waals surface area contributed by atoms with Crippen molar-refractivity contribution >= 4 is 17.7 Å². The third-order valence-electron chi connectivity index (χ3n) is 6.29. The molecule has 2 aromatic carbocycles. The molecule has 188 valence electrons. The highest BCUT2D eigenvalue weighted by atomic mass is 16.5. The summed E-state index contributed by atoms with van der Waals surface area (Å²) >= 11 is 0. The van der Waals surface area contributed by atoms with Crippen molar-refractivity contribution in [3.05, 3.63) is 65.2 Å². The molecule has 0 spiro atoms. The standard InChI is InChI=1S/C27H35N3O5/c1-19-7-4-8-21(17-19)25(31)29-24(26(32)28-13-6-16-34-2)20-11-14-30(15-12-20)27(33)22-9-5-10-23(18-22)35-3/h4-5,7-10,17-18,20,24H,6,11-16H2,1-3H3,(H,28,32)(H,29,31)/t24-/m0/s1. The number of carbonyl (C=O) groups excluding carboxylic acids is 3. The lowest BCUT2D eigenvalue weighted by molar-refractivity contribution is -0.124. The van der Waals surface area contributed by atoms with Gasteiger partial charge in [-0.15, -0.1) is 0 Å². The molecule has 0 aromatic heterocycles. The van der Waals surface area contributed by atoms with E-state index in [-0.39, 0.29) is 23.6 Å². The normalized spacial score (nSPS) is 14.8. The van der Waals surface area contributed by atoms with Crippen LogP contribution in [0.2, 0.25) is 0 Å². The van der Waals surface area contributed by atoms with Crippen LogP contribution in [-0.4, -0.2) is 69.1 Å². The van der Waals surface area contributed by atoms with Crippen LogP contribution >= 0.6 is 0 Å². The zero-order valence-electron chi connectivity index (χ0n) is 20.7. The zero-order valence-corrected chi connectivity index (χ0v) is 20.7. The maximum Gasteiger partial charge on any atom is 0.253 e. The smallest absolute Gasteiger partial charge is 0.253 e. The summed E-state index contributed by atoms with van der Waals surface area (Å²) in [6.07, 6.45) is 1.91. The van der Waals surface area contributed by atoms with Crippen LogP contribution in [0.5, 0.6) is 5.75 Å². The van der Waals surface area contributed by atoms with Gasteiger partial charge in [-0.2, -0.15) is 0 Å². The van der Waals surface area contributed by atoms with Crippen molar-refractivity contribution in [3.63, 3.8) is 0 Å². The number of piperidine rings is 1. The van der Waals surface area contributed by atoms with Gasteiger partial charge in [0.25, 0.3) is 11.8 Å². The van der Waals surface area contributed by atoms with Gasteiger partial charge in [-0.3, -0.25) is 14.4 Å². The highest BCUT2D eigenvalue weighted by molar-refractivity contribution is 5.98. The molecule has 0 radical (unpaired) electrons. The number of nitrogens with zero attached hydrogens (tertiary/aromatic N) is 1. The molecule has 1 aliphatic rings. The minimum absolute atomic E-state index is 0.0632. The summed E-state index contributed by atoms with van der Waals surface area (Å²) < 4.78 is 10.3. The highest BCUT2D eigenvalue weighted by Crippen LogP contribution is 2.24. The Labute approximate surface area is 207 Å². The summed E-state index contributed by atoms with van der Waals surface area (Å²) in [5.41, 5.74) is 2.07. The second-order valence-electron chi connectivity index (χ2n) is 8.82. The molecular formula is C27H35N3O5. The summed E-state index contributed by atoms with van der Waals surface area (Å²) in [6, 6.07) is 13.7. The van der Waals surface area contributed by atoms with Crippen LogP contribution in [0.3, 0.4) is 0 Å². The van der Waals surface area contributed by atoms with Crippen molar-refractivity contribution in [1.82, 2.24) is 15.5 Å². The van der Waals surface area contributed by atoms with Crippen LogP contribution in [0.4, 0.5) is 0 Å². The number of amides is 3. The number of ether oxygens (including phenoxy) is 2. The number of aryl methyl sites for hydroxylation is 1. The van der Waals surface area contributed by atoms with Crippen LogP contribution < -0.4 is 15.4 Å². The van der Waals surface area contributed by atoms with Gasteiger partial charge in [0.05, 0.1) is 7.11 Å². The second kappa shape index (κ2) is 12.9. The lowest BCUT2D eigenvalue weighted by atomic mass is 9.88.